The SMILES string of the molecule is CC(O)C(=O)O.CC1CC1C(N)=O. The highest BCUT2D eigenvalue weighted by Crippen LogP contribution is 2.36. The monoisotopic (exact) mass is 189 g/mol. The number of carbonyl (C=O) groups excluding carboxylic acids is 1. The molecule has 0 heterocycles. The van der Waals surface area contributed by atoms with Gasteiger partial charge in [0.05, 0.1) is 0 Å². The van der Waals surface area contributed by atoms with Crippen LogP contribution in [0.4, 0.5) is 0 Å². The summed E-state index contributed by atoms with van der Waals surface area (Å²) >= 11 is 0. The molecule has 0 bridgehead atoms. The molecule has 1 aliphatic carbocycles. The van der Waals surface area contributed by atoms with E-state index in [1.165, 1.54) is 6.92 Å². The predicted molar refractivity (Wildman–Crippen MR) is 45.8 cm³/mol. The molecule has 3 unspecified atom stereocenters. The van der Waals surface area contributed by atoms with E-state index >= 15 is 0 Å². The van der Waals surface area contributed by atoms with E-state index in [0.717, 1.165) is 6.42 Å². The average Bonchev–Trinajstić information content (AvgIpc) is 2.67. The number of rotatable bonds is 2. The molecule has 13 heavy (non-hydrogen) atoms. The fraction of sp³-hybridized carbons (Fsp3) is 0.750. The van der Waals surface area contributed by atoms with Gasteiger partial charge in [0.15, 0.2) is 0 Å². The number of aliphatic hydroxyl groups excluding tert-OH is 1. The fourth-order valence-corrected chi connectivity index (χ4v) is 0.719. The quantitative estimate of drug-likeness (QED) is 0.549. The highest BCUT2D eigenvalue weighted by Gasteiger charge is 2.37. The van der Waals surface area contributed by atoms with Crippen molar-refractivity contribution in [2.75, 3.05) is 0 Å². The third kappa shape index (κ3) is 5.19. The molecule has 0 aromatic rings. The Morgan fingerprint density at radius 1 is 1.54 bits per heavy atom. The molecule has 0 radical (unpaired) electrons. The molecule has 5 heteroatoms. The van der Waals surface area contributed by atoms with Crippen molar-refractivity contribution in [3.8, 4) is 0 Å². The summed E-state index contributed by atoms with van der Waals surface area (Å²) in [6, 6.07) is 0. The van der Waals surface area contributed by atoms with Crippen molar-refractivity contribution in [2.24, 2.45) is 17.6 Å². The molecule has 1 fully saturated rings. The largest absolute Gasteiger partial charge is 0.479 e. The van der Waals surface area contributed by atoms with Gasteiger partial charge in [0.2, 0.25) is 5.91 Å². The van der Waals surface area contributed by atoms with E-state index in [1.807, 2.05) is 6.92 Å². The van der Waals surface area contributed by atoms with Crippen molar-refractivity contribution in [2.45, 2.75) is 26.4 Å². The van der Waals surface area contributed by atoms with Crippen LogP contribution in [0.3, 0.4) is 0 Å². The summed E-state index contributed by atoms with van der Waals surface area (Å²) in [6.45, 7) is 3.23. The Morgan fingerprint density at radius 3 is 1.85 bits per heavy atom. The summed E-state index contributed by atoms with van der Waals surface area (Å²) in [5.41, 5.74) is 4.95. The van der Waals surface area contributed by atoms with Crippen LogP contribution in [0.2, 0.25) is 0 Å². The van der Waals surface area contributed by atoms with Gasteiger partial charge in [0.25, 0.3) is 0 Å². The standard InChI is InChI=1S/C5H9NO.C3H6O3/c1-3-2-4(3)5(6)7;1-2(4)3(5)6/h3-4H,2H2,1H3,(H2,6,7);2,4H,1H3,(H,5,6). The summed E-state index contributed by atoms with van der Waals surface area (Å²) in [7, 11) is 0. The number of primary amides is 1. The normalized spacial score (nSPS) is 26.7. The van der Waals surface area contributed by atoms with E-state index in [2.05, 4.69) is 0 Å². The topological polar surface area (TPSA) is 101 Å². The Bertz CT molecular complexity index is 202. The van der Waals surface area contributed by atoms with Crippen molar-refractivity contribution in [3.05, 3.63) is 0 Å². The zero-order valence-electron chi connectivity index (χ0n) is 7.73. The Labute approximate surface area is 76.5 Å². The second kappa shape index (κ2) is 4.81. The van der Waals surface area contributed by atoms with Gasteiger partial charge in [-0.25, -0.2) is 4.79 Å². The third-order valence-electron chi connectivity index (χ3n) is 1.83. The number of carbonyl (C=O) groups is 2. The minimum absolute atomic E-state index is 0.132. The number of carboxylic acids is 1. The molecule has 3 atom stereocenters. The van der Waals surface area contributed by atoms with E-state index in [-0.39, 0.29) is 11.8 Å². The molecule has 0 spiro atoms. The fourth-order valence-electron chi connectivity index (χ4n) is 0.719. The highest BCUT2D eigenvalue weighted by atomic mass is 16.4. The number of aliphatic hydroxyl groups is 1. The van der Waals surface area contributed by atoms with E-state index in [1.54, 1.807) is 0 Å². The minimum atomic E-state index is -1.23. The number of hydrogen-bond donors (Lipinski definition) is 3. The van der Waals surface area contributed by atoms with Crippen LogP contribution in [-0.2, 0) is 9.59 Å². The maximum absolute atomic E-state index is 10.2. The molecule has 1 aliphatic rings. The zero-order valence-corrected chi connectivity index (χ0v) is 7.73. The van der Waals surface area contributed by atoms with Crippen molar-refractivity contribution in [3.63, 3.8) is 0 Å². The van der Waals surface area contributed by atoms with Crippen LogP contribution in [0.15, 0.2) is 0 Å². The summed E-state index contributed by atoms with van der Waals surface area (Å²) in [6.07, 6.45) is -0.222. The van der Waals surface area contributed by atoms with Crippen LogP contribution in [0.25, 0.3) is 0 Å². The number of nitrogens with two attached hydrogens (primary N) is 1. The van der Waals surface area contributed by atoms with Gasteiger partial charge >= 0.3 is 5.97 Å². The molecule has 1 rings (SSSR count). The molecule has 5 nitrogen and oxygen atoms in total. The van der Waals surface area contributed by atoms with Gasteiger partial charge in [-0.1, -0.05) is 6.92 Å². The van der Waals surface area contributed by atoms with Crippen LogP contribution >= 0.6 is 0 Å². The molecule has 1 amide bonds. The first kappa shape index (κ1) is 11.9. The summed E-state index contributed by atoms with van der Waals surface area (Å²) in [5, 5.41) is 15.8. The first-order valence-electron chi connectivity index (χ1n) is 4.06. The smallest absolute Gasteiger partial charge is 0.332 e. The van der Waals surface area contributed by atoms with Gasteiger partial charge in [-0.3, -0.25) is 4.79 Å². The van der Waals surface area contributed by atoms with Crippen molar-refractivity contribution in [1.29, 1.82) is 0 Å². The van der Waals surface area contributed by atoms with E-state index in [9.17, 15) is 9.59 Å². The molecular formula is C8H15NO4. The third-order valence-corrected chi connectivity index (χ3v) is 1.83. The van der Waals surface area contributed by atoms with Crippen LogP contribution in [0, 0.1) is 11.8 Å². The average molecular weight is 189 g/mol. The second-order valence-corrected chi connectivity index (χ2v) is 3.24. The van der Waals surface area contributed by atoms with E-state index in [4.69, 9.17) is 15.9 Å². The first-order chi connectivity index (χ1) is 5.86. The van der Waals surface area contributed by atoms with Gasteiger partial charge in [-0.05, 0) is 19.3 Å². The van der Waals surface area contributed by atoms with Crippen molar-refractivity contribution in [1.82, 2.24) is 0 Å². The summed E-state index contributed by atoms with van der Waals surface area (Å²) in [5.74, 6) is -0.542. The predicted octanol–water partition coefficient (Wildman–Crippen LogP) is -0.421. The Balaban J connectivity index is 0.000000226. The Morgan fingerprint density at radius 2 is 1.85 bits per heavy atom. The number of carboxylic acid groups (broad SMARTS) is 1. The zero-order chi connectivity index (χ0) is 10.6. The Hall–Kier alpha value is -1.10. The number of aliphatic carboxylic acids is 1. The lowest BCUT2D eigenvalue weighted by Gasteiger charge is -1.89. The lowest BCUT2D eigenvalue weighted by molar-refractivity contribution is -0.145. The summed E-state index contributed by atoms with van der Waals surface area (Å²) in [4.78, 5) is 19.6. The van der Waals surface area contributed by atoms with Crippen molar-refractivity contribution < 1.29 is 19.8 Å². The van der Waals surface area contributed by atoms with Crippen LogP contribution in [0.1, 0.15) is 20.3 Å². The molecule has 4 N–H and O–H groups in total. The maximum atomic E-state index is 10.2. The number of amides is 1. The molecule has 0 aliphatic heterocycles. The highest BCUT2D eigenvalue weighted by molar-refractivity contribution is 5.79. The van der Waals surface area contributed by atoms with Gasteiger partial charge in [0, 0.05) is 5.92 Å². The van der Waals surface area contributed by atoms with Gasteiger partial charge < -0.3 is 15.9 Å². The van der Waals surface area contributed by atoms with Gasteiger partial charge in [-0.2, -0.15) is 0 Å². The van der Waals surface area contributed by atoms with Crippen LogP contribution in [-0.4, -0.2) is 28.2 Å². The lowest BCUT2D eigenvalue weighted by Crippen LogP contribution is -2.13. The molecule has 1 saturated carbocycles. The van der Waals surface area contributed by atoms with E-state index in [0.29, 0.717) is 5.92 Å². The Kier molecular flexibility index (Phi) is 4.40. The van der Waals surface area contributed by atoms with Crippen molar-refractivity contribution >= 4 is 11.9 Å². The minimum Gasteiger partial charge on any atom is -0.479 e. The molecule has 0 aromatic heterocycles. The summed E-state index contributed by atoms with van der Waals surface area (Å²) < 4.78 is 0. The number of hydrogen-bond acceptors (Lipinski definition) is 3. The van der Waals surface area contributed by atoms with Crippen LogP contribution < -0.4 is 5.73 Å². The first-order valence-corrected chi connectivity index (χ1v) is 4.06. The lowest BCUT2D eigenvalue weighted by atomic mass is 10.3. The maximum Gasteiger partial charge on any atom is 0.332 e. The molecule has 0 aromatic carbocycles. The molecule has 76 valence electrons. The van der Waals surface area contributed by atoms with Gasteiger partial charge in [-0.15, -0.1) is 0 Å². The molecular weight excluding hydrogens is 174 g/mol. The molecule has 0 saturated heterocycles. The van der Waals surface area contributed by atoms with E-state index < -0.39 is 12.1 Å². The van der Waals surface area contributed by atoms with Crippen LogP contribution in [0.5, 0.6) is 0 Å². The second-order valence-electron chi connectivity index (χ2n) is 3.24. The van der Waals surface area contributed by atoms with Gasteiger partial charge in [0.1, 0.15) is 6.10 Å².